The minimum atomic E-state index is 0.364. The Labute approximate surface area is 128 Å². The van der Waals surface area contributed by atoms with Crippen molar-refractivity contribution in [2.24, 2.45) is 0 Å². The lowest BCUT2D eigenvalue weighted by Gasteiger charge is -2.13. The van der Waals surface area contributed by atoms with Gasteiger partial charge in [-0.3, -0.25) is 4.98 Å². The Morgan fingerprint density at radius 1 is 1.15 bits per heavy atom. The third-order valence-corrected chi connectivity index (χ3v) is 3.53. The van der Waals surface area contributed by atoms with Crippen LogP contribution in [0.4, 0.5) is 5.69 Å². The van der Waals surface area contributed by atoms with Crippen LogP contribution in [0.1, 0.15) is 31.0 Å². The number of ether oxygens (including phenoxy) is 1. The fourth-order valence-corrected chi connectivity index (χ4v) is 2.55. The van der Waals surface area contributed by atoms with E-state index in [0.29, 0.717) is 33.1 Å². The largest absolute Gasteiger partial charge is 0.453 e. The van der Waals surface area contributed by atoms with Crippen molar-refractivity contribution in [3.63, 3.8) is 0 Å². The number of benzene rings is 1. The molecular weight excluding hydrogens is 295 g/mol. The molecule has 0 aliphatic carbocycles. The number of nitrogen functional groups attached to an aromatic ring is 1. The molecule has 106 valence electrons. The summed E-state index contributed by atoms with van der Waals surface area (Å²) in [7, 11) is 0. The zero-order valence-corrected chi connectivity index (χ0v) is 13.1. The van der Waals surface area contributed by atoms with Gasteiger partial charge >= 0.3 is 0 Å². The van der Waals surface area contributed by atoms with Crippen LogP contribution < -0.4 is 10.5 Å². The predicted octanol–water partition coefficient (Wildman–Crippen LogP) is 5.19. The quantitative estimate of drug-likeness (QED) is 0.793. The molecule has 0 bridgehead atoms. The van der Waals surface area contributed by atoms with Crippen molar-refractivity contribution >= 4 is 28.9 Å². The highest BCUT2D eigenvalue weighted by Crippen LogP contribution is 2.38. The van der Waals surface area contributed by atoms with Gasteiger partial charge in [0.25, 0.3) is 0 Å². The van der Waals surface area contributed by atoms with E-state index in [1.54, 1.807) is 18.3 Å². The number of rotatable bonds is 3. The highest BCUT2D eigenvalue weighted by atomic mass is 35.5. The van der Waals surface area contributed by atoms with E-state index in [4.69, 9.17) is 33.7 Å². The summed E-state index contributed by atoms with van der Waals surface area (Å²) in [5, 5.41) is 0.753. The summed E-state index contributed by atoms with van der Waals surface area (Å²) >= 11 is 12.2. The summed E-state index contributed by atoms with van der Waals surface area (Å²) in [6.45, 7) is 6.19. The van der Waals surface area contributed by atoms with Gasteiger partial charge in [0.15, 0.2) is 5.75 Å². The maximum absolute atomic E-state index is 6.11. The molecule has 2 rings (SSSR count). The molecule has 0 saturated carbocycles. The van der Waals surface area contributed by atoms with Crippen LogP contribution in [0, 0.1) is 6.92 Å². The highest BCUT2D eigenvalue weighted by molar-refractivity contribution is 6.37. The topological polar surface area (TPSA) is 48.1 Å². The molecule has 2 N–H and O–H groups in total. The third kappa shape index (κ3) is 3.17. The van der Waals surface area contributed by atoms with Crippen molar-refractivity contribution in [2.45, 2.75) is 26.7 Å². The molecule has 0 spiro atoms. The highest BCUT2D eigenvalue weighted by Gasteiger charge is 2.12. The Morgan fingerprint density at radius 3 is 2.30 bits per heavy atom. The molecule has 0 amide bonds. The van der Waals surface area contributed by atoms with Crippen LogP contribution in [0.5, 0.6) is 11.5 Å². The first-order chi connectivity index (χ1) is 9.38. The van der Waals surface area contributed by atoms with Crippen molar-refractivity contribution in [2.75, 3.05) is 5.73 Å². The van der Waals surface area contributed by atoms with Gasteiger partial charge in [0.1, 0.15) is 5.75 Å². The molecule has 5 heteroatoms. The lowest BCUT2D eigenvalue weighted by Crippen LogP contribution is -1.97. The zero-order valence-electron chi connectivity index (χ0n) is 11.6. The molecule has 1 aromatic heterocycles. The summed E-state index contributed by atoms with van der Waals surface area (Å²) < 4.78 is 5.76. The number of aromatic nitrogens is 1. The summed E-state index contributed by atoms with van der Waals surface area (Å²) in [6, 6.07) is 5.16. The second kappa shape index (κ2) is 5.90. The van der Waals surface area contributed by atoms with Crippen molar-refractivity contribution < 1.29 is 4.74 Å². The minimum absolute atomic E-state index is 0.364. The number of hydrogen-bond donors (Lipinski definition) is 1. The van der Waals surface area contributed by atoms with Crippen molar-refractivity contribution in [1.29, 1.82) is 0 Å². The van der Waals surface area contributed by atoms with E-state index in [1.165, 1.54) is 0 Å². The summed E-state index contributed by atoms with van der Waals surface area (Å²) in [4.78, 5) is 4.34. The lowest BCUT2D eigenvalue weighted by molar-refractivity contribution is 0.479. The van der Waals surface area contributed by atoms with Crippen LogP contribution in [0.3, 0.4) is 0 Å². The Morgan fingerprint density at radius 2 is 1.75 bits per heavy atom. The Kier molecular flexibility index (Phi) is 4.41. The standard InChI is InChI=1S/C15H16Cl2N2O/c1-8(2)12-6-11(7-19-9(12)3)20-15-13(16)4-10(18)5-14(15)17/h4-8H,18H2,1-3H3. The van der Waals surface area contributed by atoms with Gasteiger partial charge in [0.05, 0.1) is 16.2 Å². The number of anilines is 1. The molecule has 0 fully saturated rings. The molecule has 3 nitrogen and oxygen atoms in total. The van der Waals surface area contributed by atoms with Crippen molar-refractivity contribution in [3.05, 3.63) is 45.7 Å². The van der Waals surface area contributed by atoms with E-state index in [-0.39, 0.29) is 0 Å². The number of nitrogens with zero attached hydrogens (tertiary/aromatic N) is 1. The van der Waals surface area contributed by atoms with Gasteiger partial charge in [-0.1, -0.05) is 37.0 Å². The minimum Gasteiger partial charge on any atom is -0.453 e. The molecule has 20 heavy (non-hydrogen) atoms. The fraction of sp³-hybridized carbons (Fsp3) is 0.267. The molecule has 1 aromatic carbocycles. The molecule has 1 heterocycles. The number of nitrogens with two attached hydrogens (primary N) is 1. The molecule has 0 aliphatic heterocycles. The molecule has 0 aliphatic rings. The molecular formula is C15H16Cl2N2O. The maximum atomic E-state index is 6.11. The molecule has 0 saturated heterocycles. The normalized spacial score (nSPS) is 10.9. The number of aryl methyl sites for hydroxylation is 1. The van der Waals surface area contributed by atoms with Gasteiger partial charge in [-0.2, -0.15) is 0 Å². The summed E-state index contributed by atoms with van der Waals surface area (Å²) in [5.74, 6) is 1.36. The van der Waals surface area contributed by atoms with Gasteiger partial charge in [-0.15, -0.1) is 0 Å². The van der Waals surface area contributed by atoms with Crippen LogP contribution >= 0.6 is 23.2 Å². The first-order valence-electron chi connectivity index (χ1n) is 6.27. The van der Waals surface area contributed by atoms with E-state index in [9.17, 15) is 0 Å². The monoisotopic (exact) mass is 310 g/mol. The average Bonchev–Trinajstić information content (AvgIpc) is 2.35. The smallest absolute Gasteiger partial charge is 0.164 e. The van der Waals surface area contributed by atoms with E-state index in [2.05, 4.69) is 18.8 Å². The lowest BCUT2D eigenvalue weighted by atomic mass is 10.0. The van der Waals surface area contributed by atoms with Crippen LogP contribution in [0.2, 0.25) is 10.0 Å². The van der Waals surface area contributed by atoms with Crippen LogP contribution in [-0.2, 0) is 0 Å². The van der Waals surface area contributed by atoms with Crippen molar-refractivity contribution in [3.8, 4) is 11.5 Å². The zero-order chi connectivity index (χ0) is 14.9. The summed E-state index contributed by atoms with van der Waals surface area (Å²) in [6.07, 6.45) is 1.66. The fourth-order valence-electron chi connectivity index (χ4n) is 1.97. The second-order valence-corrected chi connectivity index (χ2v) is 5.73. The third-order valence-electron chi connectivity index (χ3n) is 2.96. The Hall–Kier alpha value is -1.45. The van der Waals surface area contributed by atoms with Crippen LogP contribution in [0.25, 0.3) is 0 Å². The maximum Gasteiger partial charge on any atom is 0.164 e. The van der Waals surface area contributed by atoms with Gasteiger partial charge in [-0.05, 0) is 36.6 Å². The SMILES string of the molecule is Cc1ncc(Oc2c(Cl)cc(N)cc2Cl)cc1C(C)C. The number of halogens is 2. The molecule has 2 aromatic rings. The number of hydrogen-bond acceptors (Lipinski definition) is 3. The van der Waals surface area contributed by atoms with E-state index < -0.39 is 0 Å². The number of pyridine rings is 1. The summed E-state index contributed by atoms with van der Waals surface area (Å²) in [5.41, 5.74) is 8.28. The van der Waals surface area contributed by atoms with Gasteiger partial charge in [0.2, 0.25) is 0 Å². The Balaban J connectivity index is 2.38. The van der Waals surface area contributed by atoms with E-state index in [1.807, 2.05) is 13.0 Å². The van der Waals surface area contributed by atoms with E-state index >= 15 is 0 Å². The van der Waals surface area contributed by atoms with Crippen LogP contribution in [0.15, 0.2) is 24.4 Å². The van der Waals surface area contributed by atoms with E-state index in [0.717, 1.165) is 11.3 Å². The second-order valence-electron chi connectivity index (χ2n) is 4.92. The average molecular weight is 311 g/mol. The first kappa shape index (κ1) is 14.9. The Bertz CT molecular complexity index is 619. The molecule has 0 atom stereocenters. The molecule has 0 unspecified atom stereocenters. The van der Waals surface area contributed by atoms with Gasteiger partial charge in [0, 0.05) is 11.4 Å². The van der Waals surface area contributed by atoms with Gasteiger partial charge in [-0.25, -0.2) is 0 Å². The first-order valence-corrected chi connectivity index (χ1v) is 7.03. The van der Waals surface area contributed by atoms with Crippen LogP contribution in [-0.4, -0.2) is 4.98 Å². The van der Waals surface area contributed by atoms with Gasteiger partial charge < -0.3 is 10.5 Å². The molecule has 0 radical (unpaired) electrons. The predicted molar refractivity (Wildman–Crippen MR) is 84.0 cm³/mol. The van der Waals surface area contributed by atoms with Crippen molar-refractivity contribution in [1.82, 2.24) is 4.98 Å².